The number of nitrogens with zero attached hydrogens (tertiary/aromatic N) is 2. The van der Waals surface area contributed by atoms with Crippen LogP contribution in [0.2, 0.25) is 0 Å². The van der Waals surface area contributed by atoms with Gasteiger partial charge in [-0.05, 0) is 270 Å². The minimum atomic E-state index is -1.55. The number of hydrogen-bond acceptors (Lipinski definition) is 20. The molecule has 0 radical (unpaired) electrons. The lowest BCUT2D eigenvalue weighted by Crippen LogP contribution is -2.66. The lowest BCUT2D eigenvalue weighted by atomic mass is 9.45. The van der Waals surface area contributed by atoms with Crippen molar-refractivity contribution in [1.82, 2.24) is 0 Å². The molecule has 1 unspecified atom stereocenters. The Morgan fingerprint density at radius 3 is 1.38 bits per heavy atom. The first-order valence-electron chi connectivity index (χ1n) is 41.6. The summed E-state index contributed by atoms with van der Waals surface area (Å²) in [4.78, 5) is 53.1. The summed E-state index contributed by atoms with van der Waals surface area (Å²) >= 11 is 6.88. The van der Waals surface area contributed by atoms with E-state index in [9.17, 15) is 50.1 Å². The van der Waals surface area contributed by atoms with Gasteiger partial charge in [0.2, 0.25) is 5.79 Å². The number of aliphatic hydroxyl groups excluding tert-OH is 5. The molecule has 22 atom stereocenters. The van der Waals surface area contributed by atoms with Gasteiger partial charge in [0.25, 0.3) is 0 Å². The smallest absolute Gasteiger partial charge is 0.226 e. The first-order chi connectivity index (χ1) is 53.4. The van der Waals surface area contributed by atoms with E-state index in [1.54, 1.807) is 0 Å². The summed E-state index contributed by atoms with van der Waals surface area (Å²) in [6.07, 6.45) is 23.5. The molecule has 20 nitrogen and oxygen atoms in total. The summed E-state index contributed by atoms with van der Waals surface area (Å²) in [6, 6.07) is 24.7. The van der Waals surface area contributed by atoms with Crippen molar-refractivity contribution < 1.29 is 83.6 Å². The van der Waals surface area contributed by atoms with Gasteiger partial charge in [-0.25, -0.2) is 5.90 Å². The third kappa shape index (κ3) is 14.6. The van der Waals surface area contributed by atoms with Crippen molar-refractivity contribution in [2.45, 2.75) is 243 Å². The van der Waals surface area contributed by atoms with Gasteiger partial charge >= 0.3 is 0 Å². The summed E-state index contributed by atoms with van der Waals surface area (Å²) in [7, 11) is 0. The summed E-state index contributed by atoms with van der Waals surface area (Å²) in [6.45, 7) is 16.4. The second-order valence-corrected chi connectivity index (χ2v) is 38.9. The Labute approximate surface area is 677 Å². The van der Waals surface area contributed by atoms with Crippen molar-refractivity contribution in [1.29, 1.82) is 0 Å². The number of halogens is 2. The van der Waals surface area contributed by atoms with Crippen LogP contribution in [0.15, 0.2) is 127 Å². The van der Waals surface area contributed by atoms with Crippen molar-refractivity contribution in [3.8, 4) is 0 Å². The molecule has 9 saturated carbocycles. The van der Waals surface area contributed by atoms with Crippen molar-refractivity contribution >= 4 is 60.6 Å². The number of ketones is 3. The second kappa shape index (κ2) is 32.9. The van der Waals surface area contributed by atoms with Gasteiger partial charge < -0.3 is 69.2 Å². The largest absolute Gasteiger partial charge is 0.395 e. The van der Waals surface area contributed by atoms with E-state index in [0.29, 0.717) is 76.8 Å². The number of carbonyl (C=O) groups excluding carboxylic acids is 3. The van der Waals surface area contributed by atoms with Gasteiger partial charge in [0.05, 0.1) is 36.3 Å². The third-order valence-corrected chi connectivity index (χ3v) is 32.9. The molecule has 3 aromatic rings. The minimum absolute atomic E-state index is 0.0645. The number of ether oxygens (including phenoxy) is 4. The summed E-state index contributed by atoms with van der Waals surface area (Å²) in [5.74, 6) is 5.46. The second-order valence-electron chi connectivity index (χ2n) is 37.1. The zero-order valence-electron chi connectivity index (χ0n) is 66.7. The molecule has 9 N–H and O–H groups in total. The Hall–Kier alpha value is -4.73. The van der Waals surface area contributed by atoms with E-state index in [2.05, 4.69) is 136 Å². The lowest BCUT2D eigenvalue weighted by Gasteiger charge is -2.61. The molecule has 0 bridgehead atoms. The van der Waals surface area contributed by atoms with E-state index in [4.69, 9.17) is 34.5 Å². The third-order valence-electron chi connectivity index (χ3n) is 31.9. The molecule has 2 saturated heterocycles. The number of aliphatic hydroxyl groups is 7. The van der Waals surface area contributed by atoms with Gasteiger partial charge in [0.15, 0.2) is 30.9 Å². The molecule has 2 aliphatic heterocycles. The number of oxime groups is 2. The molecule has 17 rings (SSSR count). The Bertz CT molecular complexity index is 3970. The van der Waals surface area contributed by atoms with Crippen molar-refractivity contribution in [3.05, 3.63) is 139 Å². The van der Waals surface area contributed by atoms with Gasteiger partial charge in [-0.2, -0.15) is 0 Å². The molecular formula is C90H121Br2N3O17. The fourth-order valence-electron chi connectivity index (χ4n) is 26.4. The zero-order valence-corrected chi connectivity index (χ0v) is 69.8. The molecule has 22 heteroatoms. The summed E-state index contributed by atoms with van der Waals surface area (Å²) < 4.78 is 26.2. The number of benzene rings is 3. The summed E-state index contributed by atoms with van der Waals surface area (Å²) in [5, 5.41) is 85.3. The Morgan fingerprint density at radius 1 is 0.518 bits per heavy atom. The molecule has 0 amide bonds. The first kappa shape index (κ1) is 83.8. The fraction of sp³-hybridized carbons (Fsp3) is 0.678. The predicted molar refractivity (Wildman–Crippen MR) is 430 cm³/mol. The molecule has 3 aromatic carbocycles. The van der Waals surface area contributed by atoms with E-state index < -0.39 is 76.5 Å². The number of rotatable bonds is 15. The van der Waals surface area contributed by atoms with E-state index in [0.717, 1.165) is 136 Å². The van der Waals surface area contributed by atoms with Gasteiger partial charge in [-0.3, -0.25) is 14.4 Å². The SMILES string of the molecule is C[C@]12CC/C(=N\OCCc3cccc(Br)c3)C=C1CC[C@@H]1[C@@H]2[C@@H](O)C[C@@]2(C)[C@H]1CC[C@]2(O)C(=O)CO.C[C@]12CCC(=O)C=C1CC[C@@H]1[C@@H]2[C@@H](O)C[C@@]2(C)[C@H]1CC[C@@]21OCOC12COCO2.Cc1cccc(CCO/N=C2/C=C3CC[C@@H]4[C@H]([C@@H](O)C[C@@]5(C)[C@H]4CC[C@]5(O)C(=O)CO)[C@@]3(C)CC2)c1.NOCCc1cccc(Br)c1. The van der Waals surface area contributed by atoms with Crippen LogP contribution >= 0.6 is 31.9 Å². The zero-order chi connectivity index (χ0) is 79.6. The molecule has 612 valence electrons. The average molecular weight is 1680 g/mol. The number of hydrogen-bond donors (Lipinski definition) is 8. The highest BCUT2D eigenvalue weighted by molar-refractivity contribution is 9.10. The number of fused-ring (bicyclic) bond motifs is 17. The van der Waals surface area contributed by atoms with Crippen molar-refractivity contribution in [2.24, 2.45) is 102 Å². The molecule has 0 aromatic heterocycles. The average Bonchev–Trinajstić information content (AvgIpc) is 1.50. The van der Waals surface area contributed by atoms with Crippen LogP contribution < -0.4 is 5.90 Å². The molecule has 2 spiro atoms. The normalized spacial score (nSPS) is 41.8. The fourth-order valence-corrected chi connectivity index (χ4v) is 27.3. The van der Waals surface area contributed by atoms with Crippen molar-refractivity contribution in [3.63, 3.8) is 0 Å². The van der Waals surface area contributed by atoms with Crippen LogP contribution in [0.3, 0.4) is 0 Å². The van der Waals surface area contributed by atoms with Gasteiger partial charge in [0, 0.05) is 44.5 Å². The molecule has 11 fully saturated rings. The maximum atomic E-state index is 12.6. The maximum Gasteiger partial charge on any atom is 0.226 e. The van der Waals surface area contributed by atoms with Crippen LogP contribution in [0.5, 0.6) is 0 Å². The molecule has 112 heavy (non-hydrogen) atoms. The Balaban J connectivity index is 0.000000131. The van der Waals surface area contributed by atoms with Crippen LogP contribution in [-0.4, -0.2) is 159 Å². The van der Waals surface area contributed by atoms with Crippen LogP contribution in [0.4, 0.5) is 0 Å². The van der Waals surface area contributed by atoms with Gasteiger partial charge in [-0.1, -0.05) is 155 Å². The molecular weight excluding hydrogens is 1550 g/mol. The van der Waals surface area contributed by atoms with Gasteiger partial charge in [-0.15, -0.1) is 0 Å². The molecule has 14 aliphatic rings. The van der Waals surface area contributed by atoms with Crippen LogP contribution in [0.25, 0.3) is 0 Å². The van der Waals surface area contributed by atoms with Crippen LogP contribution in [-0.2, 0) is 67.1 Å². The van der Waals surface area contributed by atoms with Crippen LogP contribution in [0, 0.1) is 92.7 Å². The molecule has 12 aliphatic carbocycles. The Morgan fingerprint density at radius 2 is 0.938 bits per heavy atom. The Kier molecular flexibility index (Phi) is 24.6. The van der Waals surface area contributed by atoms with E-state index in [1.165, 1.54) is 39.0 Å². The highest BCUT2D eigenvalue weighted by Gasteiger charge is 2.77. The monoisotopic (exact) mass is 1670 g/mol. The number of allylic oxidation sites excluding steroid dienone is 5. The predicted octanol–water partition coefficient (Wildman–Crippen LogP) is 13.5. The minimum Gasteiger partial charge on any atom is -0.395 e. The van der Waals surface area contributed by atoms with Crippen LogP contribution in [0.1, 0.15) is 199 Å². The quantitative estimate of drug-likeness (QED) is 0.0518. The van der Waals surface area contributed by atoms with E-state index in [-0.39, 0.29) is 82.5 Å². The maximum absolute atomic E-state index is 12.6. The lowest BCUT2D eigenvalue weighted by molar-refractivity contribution is -0.257. The van der Waals surface area contributed by atoms with E-state index >= 15 is 0 Å². The van der Waals surface area contributed by atoms with Crippen molar-refractivity contribution in [2.75, 3.05) is 53.2 Å². The number of aryl methyl sites for hydroxylation is 1. The molecule has 2 heterocycles. The number of nitrogens with two attached hydrogens (primary N) is 1. The first-order valence-corrected chi connectivity index (χ1v) is 43.2. The number of Topliss-reactive ketones (excluding diaryl/α,β-unsaturated/α-hetero) is 2. The standard InChI is InChI=1S/C30H41NO5.C29H38BrNO5.C23H32O6.C8H10BrNO/c1-19-5-4-6-20(15-19)11-14-36-31-22-9-12-28(2)21(16-22)7-8-23-24-10-13-30(35,26(34)18-32)29(24,3)17-25(33)27(23)28;1-27-11-8-21(31-36-13-10-18-4-3-5-20(30)14-18)15-19(27)6-7-22-23-9-12-29(35,25(34)17-32)28(23,2)16-24(33)26(22)27;1-20-7-5-15(24)9-14(20)3-4-16-17-6-8-22(21(17,2)10-18(25)19(16)20)23(29-13-27-22)11-26-12-28-23;9-8-3-1-2-7(6-8)4-5-11-10/h4-6,15-16,23-25,27,32-33,35H,7-14,17-18H2,1-3H3;3-5,14-15,22-24,26,32-33,35H,6-13,16-17H2,1-2H3;9,16-19,25H,3-8,10-13H2,1-2H3;1-3,6H,4-5,10H2/b31-22+;31-21+;;/t23-,24-,25-,27+,28-,29-,30-;22-,23-,24-,26+,27-,28-,29-;16-,17-,18-,19+,20-,21-,22+,23?;/m000./s1. The number of carbonyl (C=O) groups is 3. The topological polar surface area (TPSA) is 308 Å². The highest BCUT2D eigenvalue weighted by atomic mass is 79.9. The van der Waals surface area contributed by atoms with Gasteiger partial charge in [0.1, 0.15) is 49.8 Å². The summed E-state index contributed by atoms with van der Waals surface area (Å²) in [5.41, 5.74) is 5.25. The van der Waals surface area contributed by atoms with E-state index in [1.807, 2.05) is 50.3 Å². The highest BCUT2D eigenvalue weighted by Crippen LogP contribution is 2.73.